The van der Waals surface area contributed by atoms with E-state index in [4.69, 9.17) is 5.11 Å². The number of benzene rings is 1. The van der Waals surface area contributed by atoms with Crippen LogP contribution in [0.3, 0.4) is 0 Å². The van der Waals surface area contributed by atoms with Crippen LogP contribution < -0.4 is 0 Å². The number of carboxylic acid groups (broad SMARTS) is 1. The highest BCUT2D eigenvalue weighted by molar-refractivity contribution is 5.95. The fourth-order valence-electron chi connectivity index (χ4n) is 1.48. The summed E-state index contributed by atoms with van der Waals surface area (Å²) in [6.07, 6.45) is 2.50. The largest absolute Gasteiger partial charge is 0.478 e. The molecule has 0 radical (unpaired) electrons. The molecule has 0 fully saturated rings. The number of likely N-dealkylation sites (N-methyl/N-ethyl adjacent to an activating group) is 1. The van der Waals surface area contributed by atoms with Gasteiger partial charge in [-0.3, -0.25) is 4.79 Å². The van der Waals surface area contributed by atoms with Gasteiger partial charge < -0.3 is 15.1 Å². The van der Waals surface area contributed by atoms with Crippen LogP contribution in [0.2, 0.25) is 0 Å². The zero-order valence-electron chi connectivity index (χ0n) is 11.8. The second-order valence-electron chi connectivity index (χ2n) is 5.13. The molecule has 2 N–H and O–H groups in total. The van der Waals surface area contributed by atoms with Crippen molar-refractivity contribution in [1.82, 2.24) is 4.90 Å². The lowest BCUT2D eigenvalue weighted by molar-refractivity contribution is -0.131. The summed E-state index contributed by atoms with van der Waals surface area (Å²) >= 11 is 0. The third kappa shape index (κ3) is 3.93. The molecule has 108 valence electrons. The lowest BCUT2D eigenvalue weighted by Gasteiger charge is -2.34. The summed E-state index contributed by atoms with van der Waals surface area (Å²) in [7, 11) is 1.64. The number of rotatable bonds is 5. The number of aliphatic carboxylic acids is 1. The van der Waals surface area contributed by atoms with E-state index >= 15 is 0 Å². The summed E-state index contributed by atoms with van der Waals surface area (Å²) in [6, 6.07) is 6.61. The van der Waals surface area contributed by atoms with Gasteiger partial charge in [-0.1, -0.05) is 12.1 Å². The van der Waals surface area contributed by atoms with Gasteiger partial charge in [-0.15, -0.1) is 0 Å². The maximum absolute atomic E-state index is 12.2. The van der Waals surface area contributed by atoms with Crippen molar-refractivity contribution < 1.29 is 19.8 Å². The van der Waals surface area contributed by atoms with Crippen molar-refractivity contribution in [3.63, 3.8) is 0 Å². The number of carbonyl (C=O) groups is 2. The van der Waals surface area contributed by atoms with Crippen molar-refractivity contribution in [3.8, 4) is 0 Å². The van der Waals surface area contributed by atoms with Crippen LogP contribution in [0.15, 0.2) is 30.3 Å². The summed E-state index contributed by atoms with van der Waals surface area (Å²) in [6.45, 7) is 3.42. The van der Waals surface area contributed by atoms with Gasteiger partial charge in [-0.25, -0.2) is 4.79 Å². The summed E-state index contributed by atoms with van der Waals surface area (Å²) in [4.78, 5) is 24.1. The average Bonchev–Trinajstić information content (AvgIpc) is 2.44. The molecule has 1 aromatic carbocycles. The standard InChI is InChI=1S/C15H19NO4/c1-15(2,10-17)16(3)14(20)12-7-4-11(5-8-12)6-9-13(18)19/h4-9,17H,10H2,1-3H3,(H,18,19)/b9-6+. The van der Waals surface area contributed by atoms with Crippen LogP contribution in [0.4, 0.5) is 0 Å². The van der Waals surface area contributed by atoms with Crippen LogP contribution in [0.25, 0.3) is 6.08 Å². The predicted molar refractivity (Wildman–Crippen MR) is 76.4 cm³/mol. The average molecular weight is 277 g/mol. The van der Waals surface area contributed by atoms with E-state index < -0.39 is 11.5 Å². The van der Waals surface area contributed by atoms with Crippen molar-refractivity contribution in [1.29, 1.82) is 0 Å². The second-order valence-corrected chi connectivity index (χ2v) is 5.13. The molecule has 0 aromatic heterocycles. The topological polar surface area (TPSA) is 77.8 Å². The Hall–Kier alpha value is -2.14. The third-order valence-electron chi connectivity index (χ3n) is 3.18. The maximum atomic E-state index is 12.2. The molecule has 0 aliphatic carbocycles. The van der Waals surface area contributed by atoms with E-state index in [2.05, 4.69) is 0 Å². The minimum Gasteiger partial charge on any atom is -0.478 e. The quantitative estimate of drug-likeness (QED) is 0.802. The lowest BCUT2D eigenvalue weighted by atomic mass is 10.0. The molecule has 0 atom stereocenters. The first kappa shape index (κ1) is 15.9. The van der Waals surface area contributed by atoms with E-state index in [1.807, 2.05) is 0 Å². The Morgan fingerprint density at radius 1 is 1.25 bits per heavy atom. The van der Waals surface area contributed by atoms with E-state index in [1.54, 1.807) is 45.2 Å². The molecular formula is C15H19NO4. The van der Waals surface area contributed by atoms with Gasteiger partial charge in [0.1, 0.15) is 0 Å². The molecule has 0 heterocycles. The smallest absolute Gasteiger partial charge is 0.328 e. The molecule has 0 bridgehead atoms. The SMILES string of the molecule is CN(C(=O)c1ccc(/C=C/C(=O)O)cc1)C(C)(C)CO. The molecule has 0 unspecified atom stereocenters. The molecule has 5 nitrogen and oxygen atoms in total. The first-order valence-electron chi connectivity index (χ1n) is 6.18. The minimum atomic E-state index is -1.02. The van der Waals surface area contributed by atoms with E-state index in [-0.39, 0.29) is 12.5 Å². The number of aliphatic hydroxyl groups excluding tert-OH is 1. The van der Waals surface area contributed by atoms with Crippen molar-refractivity contribution in [3.05, 3.63) is 41.5 Å². The van der Waals surface area contributed by atoms with Crippen molar-refractivity contribution in [2.75, 3.05) is 13.7 Å². The van der Waals surface area contributed by atoms with Gasteiger partial charge in [-0.2, -0.15) is 0 Å². The van der Waals surface area contributed by atoms with Crippen LogP contribution >= 0.6 is 0 Å². The molecule has 1 rings (SSSR count). The highest BCUT2D eigenvalue weighted by Crippen LogP contribution is 2.16. The first-order chi connectivity index (χ1) is 9.27. The zero-order chi connectivity index (χ0) is 15.3. The van der Waals surface area contributed by atoms with Crippen LogP contribution in [0.1, 0.15) is 29.8 Å². The molecule has 1 aromatic rings. The highest BCUT2D eigenvalue weighted by atomic mass is 16.4. The molecule has 0 spiro atoms. The Morgan fingerprint density at radius 3 is 2.25 bits per heavy atom. The number of carbonyl (C=O) groups excluding carboxylic acids is 1. The molecule has 1 amide bonds. The third-order valence-corrected chi connectivity index (χ3v) is 3.18. The Balaban J connectivity index is 2.88. The summed E-state index contributed by atoms with van der Waals surface area (Å²) in [5, 5.41) is 17.8. The van der Waals surface area contributed by atoms with Gasteiger partial charge in [0, 0.05) is 18.7 Å². The van der Waals surface area contributed by atoms with Gasteiger partial charge in [-0.05, 0) is 37.6 Å². The Kier molecular flexibility index (Phi) is 5.05. The van der Waals surface area contributed by atoms with Gasteiger partial charge in [0.2, 0.25) is 0 Å². The number of amides is 1. The van der Waals surface area contributed by atoms with Gasteiger partial charge in [0.15, 0.2) is 0 Å². The fourth-order valence-corrected chi connectivity index (χ4v) is 1.48. The van der Waals surface area contributed by atoms with E-state index in [0.717, 1.165) is 6.08 Å². The maximum Gasteiger partial charge on any atom is 0.328 e. The monoisotopic (exact) mass is 277 g/mol. The fraction of sp³-hybridized carbons (Fsp3) is 0.333. The number of aliphatic hydroxyl groups is 1. The normalized spacial score (nSPS) is 11.6. The molecule has 0 aliphatic rings. The minimum absolute atomic E-state index is 0.130. The molecule has 0 saturated carbocycles. The molecule has 20 heavy (non-hydrogen) atoms. The number of hydrogen-bond donors (Lipinski definition) is 2. The first-order valence-corrected chi connectivity index (χ1v) is 6.18. The van der Waals surface area contributed by atoms with Crippen LogP contribution in [-0.2, 0) is 4.79 Å². The van der Waals surface area contributed by atoms with Crippen molar-refractivity contribution in [2.45, 2.75) is 19.4 Å². The highest BCUT2D eigenvalue weighted by Gasteiger charge is 2.27. The Morgan fingerprint density at radius 2 is 1.80 bits per heavy atom. The van der Waals surface area contributed by atoms with E-state index in [1.165, 1.54) is 11.0 Å². The van der Waals surface area contributed by atoms with Crippen LogP contribution in [0, 0.1) is 0 Å². The number of hydrogen-bond acceptors (Lipinski definition) is 3. The Bertz CT molecular complexity index is 517. The number of carboxylic acids is 1. The van der Waals surface area contributed by atoms with Gasteiger partial charge >= 0.3 is 5.97 Å². The molecule has 0 saturated heterocycles. The molecule has 0 aliphatic heterocycles. The lowest BCUT2D eigenvalue weighted by Crippen LogP contribution is -2.47. The second kappa shape index (κ2) is 6.34. The van der Waals surface area contributed by atoms with Crippen LogP contribution in [0.5, 0.6) is 0 Å². The predicted octanol–water partition coefficient (Wildman–Crippen LogP) is 1.63. The van der Waals surface area contributed by atoms with Gasteiger partial charge in [0.25, 0.3) is 5.91 Å². The van der Waals surface area contributed by atoms with Crippen molar-refractivity contribution in [2.24, 2.45) is 0 Å². The molecular weight excluding hydrogens is 258 g/mol. The van der Waals surface area contributed by atoms with E-state index in [9.17, 15) is 14.7 Å². The van der Waals surface area contributed by atoms with Crippen molar-refractivity contribution >= 4 is 18.0 Å². The van der Waals surface area contributed by atoms with Gasteiger partial charge in [0.05, 0.1) is 12.1 Å². The Labute approximate surface area is 118 Å². The summed E-state index contributed by atoms with van der Waals surface area (Å²) in [5.41, 5.74) is 0.549. The summed E-state index contributed by atoms with van der Waals surface area (Å²) in [5.74, 6) is -1.22. The van der Waals surface area contributed by atoms with Crippen LogP contribution in [-0.4, -0.2) is 46.2 Å². The summed E-state index contributed by atoms with van der Waals surface area (Å²) < 4.78 is 0. The molecule has 5 heteroatoms. The van der Waals surface area contributed by atoms with E-state index in [0.29, 0.717) is 11.1 Å². The number of nitrogens with zero attached hydrogens (tertiary/aromatic N) is 1. The zero-order valence-corrected chi connectivity index (χ0v) is 11.8.